The SMILES string of the molecule is FC(F)(F)Oc1ccccc1-c1ccc(CBr)c(C(F)(F)F)c1. The molecule has 2 rings (SSSR count). The van der Waals surface area contributed by atoms with Gasteiger partial charge in [-0.15, -0.1) is 13.2 Å². The Bertz CT molecular complexity index is 693. The van der Waals surface area contributed by atoms with Gasteiger partial charge < -0.3 is 4.74 Å². The smallest absolute Gasteiger partial charge is 0.405 e. The topological polar surface area (TPSA) is 9.23 Å². The summed E-state index contributed by atoms with van der Waals surface area (Å²) in [6, 6.07) is 8.40. The first kappa shape index (κ1) is 17.7. The molecule has 0 saturated carbocycles. The predicted octanol–water partition coefficient (Wildman–Crippen LogP) is 6.17. The van der Waals surface area contributed by atoms with Crippen molar-refractivity contribution in [3.8, 4) is 16.9 Å². The van der Waals surface area contributed by atoms with E-state index < -0.39 is 23.9 Å². The summed E-state index contributed by atoms with van der Waals surface area (Å²) in [5.74, 6) is -0.556. The van der Waals surface area contributed by atoms with Gasteiger partial charge >= 0.3 is 12.5 Å². The average Bonchev–Trinajstić information content (AvgIpc) is 2.44. The molecule has 0 atom stereocenters. The Hall–Kier alpha value is -1.70. The Morgan fingerprint density at radius 1 is 0.913 bits per heavy atom. The number of para-hydroxylation sites is 1. The molecule has 0 amide bonds. The lowest BCUT2D eigenvalue weighted by Crippen LogP contribution is -2.17. The zero-order valence-corrected chi connectivity index (χ0v) is 12.9. The lowest BCUT2D eigenvalue weighted by molar-refractivity contribution is -0.274. The van der Waals surface area contributed by atoms with Gasteiger partial charge in [0.15, 0.2) is 0 Å². The third-order valence-corrected chi connectivity index (χ3v) is 3.59. The van der Waals surface area contributed by atoms with Crippen LogP contribution in [0.25, 0.3) is 11.1 Å². The van der Waals surface area contributed by atoms with Gasteiger partial charge in [0.1, 0.15) is 5.75 Å². The van der Waals surface area contributed by atoms with E-state index in [9.17, 15) is 26.3 Å². The van der Waals surface area contributed by atoms with Crippen LogP contribution in [0, 0.1) is 0 Å². The van der Waals surface area contributed by atoms with Crippen LogP contribution in [0.3, 0.4) is 0 Å². The van der Waals surface area contributed by atoms with Crippen molar-refractivity contribution in [1.29, 1.82) is 0 Å². The van der Waals surface area contributed by atoms with Gasteiger partial charge in [0.05, 0.1) is 5.56 Å². The van der Waals surface area contributed by atoms with Crippen molar-refractivity contribution in [2.45, 2.75) is 17.9 Å². The average molecular weight is 399 g/mol. The van der Waals surface area contributed by atoms with Crippen LogP contribution in [0.5, 0.6) is 5.75 Å². The maximum atomic E-state index is 13.1. The standard InChI is InChI=1S/C15H9BrF6O/c16-8-10-6-5-9(7-12(10)14(17,18)19)11-3-1-2-4-13(11)23-15(20,21)22/h1-7H,8H2. The van der Waals surface area contributed by atoms with Gasteiger partial charge in [-0.05, 0) is 23.3 Å². The summed E-state index contributed by atoms with van der Waals surface area (Å²) in [7, 11) is 0. The van der Waals surface area contributed by atoms with Crippen LogP contribution >= 0.6 is 15.9 Å². The van der Waals surface area contributed by atoms with Gasteiger partial charge in [0.2, 0.25) is 0 Å². The minimum atomic E-state index is -4.93. The molecule has 0 aliphatic carbocycles. The molecule has 0 fully saturated rings. The van der Waals surface area contributed by atoms with Crippen LogP contribution in [0.2, 0.25) is 0 Å². The molecule has 0 N–H and O–H groups in total. The quantitative estimate of drug-likeness (QED) is 0.444. The fraction of sp³-hybridized carbons (Fsp3) is 0.200. The highest BCUT2D eigenvalue weighted by Crippen LogP contribution is 2.39. The van der Waals surface area contributed by atoms with Crippen molar-refractivity contribution in [2.75, 3.05) is 0 Å². The molecule has 0 aromatic heterocycles. The number of halogens is 7. The number of rotatable bonds is 3. The van der Waals surface area contributed by atoms with Gasteiger partial charge in [0, 0.05) is 10.9 Å². The molecule has 0 aliphatic rings. The van der Waals surface area contributed by atoms with Crippen molar-refractivity contribution >= 4 is 15.9 Å². The number of ether oxygens (including phenoxy) is 1. The zero-order valence-electron chi connectivity index (χ0n) is 11.3. The largest absolute Gasteiger partial charge is 0.573 e. The molecule has 1 nitrogen and oxygen atoms in total. The fourth-order valence-corrected chi connectivity index (χ4v) is 2.53. The number of hydrogen-bond acceptors (Lipinski definition) is 1. The first-order valence-electron chi connectivity index (χ1n) is 6.23. The van der Waals surface area contributed by atoms with Gasteiger partial charge in [-0.25, -0.2) is 0 Å². The van der Waals surface area contributed by atoms with E-state index >= 15 is 0 Å². The summed E-state index contributed by atoms with van der Waals surface area (Å²) in [4.78, 5) is 0. The highest BCUT2D eigenvalue weighted by molar-refractivity contribution is 9.08. The first-order valence-corrected chi connectivity index (χ1v) is 7.35. The van der Waals surface area contributed by atoms with E-state index in [1.165, 1.54) is 30.3 Å². The molecule has 0 bridgehead atoms. The Kier molecular flexibility index (Phi) is 4.93. The van der Waals surface area contributed by atoms with Gasteiger partial charge in [-0.1, -0.05) is 46.3 Å². The molecule has 0 saturated heterocycles. The van der Waals surface area contributed by atoms with E-state index in [0.29, 0.717) is 0 Å². The Morgan fingerprint density at radius 3 is 2.13 bits per heavy atom. The monoisotopic (exact) mass is 398 g/mol. The number of alkyl halides is 7. The summed E-state index contributed by atoms with van der Waals surface area (Å²) < 4.78 is 80.3. The van der Waals surface area contributed by atoms with Crippen molar-refractivity contribution in [2.24, 2.45) is 0 Å². The van der Waals surface area contributed by atoms with Crippen LogP contribution in [-0.4, -0.2) is 6.36 Å². The van der Waals surface area contributed by atoms with Crippen molar-refractivity contribution in [3.63, 3.8) is 0 Å². The van der Waals surface area contributed by atoms with Crippen LogP contribution in [0.4, 0.5) is 26.3 Å². The van der Waals surface area contributed by atoms with E-state index in [2.05, 4.69) is 20.7 Å². The second-order valence-electron chi connectivity index (χ2n) is 4.55. The minimum absolute atomic E-state index is 0.00419. The van der Waals surface area contributed by atoms with Crippen molar-refractivity contribution in [1.82, 2.24) is 0 Å². The zero-order chi connectivity index (χ0) is 17.3. The fourth-order valence-electron chi connectivity index (χ4n) is 2.04. The molecular weight excluding hydrogens is 390 g/mol. The van der Waals surface area contributed by atoms with Crippen LogP contribution < -0.4 is 4.74 Å². The van der Waals surface area contributed by atoms with Crippen LogP contribution in [0.1, 0.15) is 11.1 Å². The summed E-state index contributed by atoms with van der Waals surface area (Å²) in [6.07, 6.45) is -9.54. The van der Waals surface area contributed by atoms with E-state index in [1.54, 1.807) is 0 Å². The molecule has 0 unspecified atom stereocenters. The molecule has 0 radical (unpaired) electrons. The van der Waals surface area contributed by atoms with Crippen molar-refractivity contribution < 1.29 is 31.1 Å². The summed E-state index contributed by atoms with van der Waals surface area (Å²) in [6.45, 7) is 0. The third-order valence-electron chi connectivity index (χ3n) is 2.98. The Labute approximate surface area is 136 Å². The highest BCUT2D eigenvalue weighted by Gasteiger charge is 2.34. The van der Waals surface area contributed by atoms with E-state index in [0.717, 1.165) is 12.1 Å². The highest BCUT2D eigenvalue weighted by atomic mass is 79.9. The molecule has 124 valence electrons. The molecule has 0 spiro atoms. The Morgan fingerprint density at radius 2 is 1.57 bits per heavy atom. The third kappa shape index (κ3) is 4.40. The predicted molar refractivity (Wildman–Crippen MR) is 76.2 cm³/mol. The molecule has 0 aliphatic heterocycles. The Balaban J connectivity index is 2.55. The summed E-state index contributed by atoms with van der Waals surface area (Å²) in [5, 5.41) is -0.0250. The number of benzene rings is 2. The van der Waals surface area contributed by atoms with E-state index in [4.69, 9.17) is 0 Å². The molecular formula is C15H9BrF6O. The maximum absolute atomic E-state index is 13.1. The normalized spacial score (nSPS) is 12.3. The van der Waals surface area contributed by atoms with Gasteiger partial charge in [-0.3, -0.25) is 0 Å². The second-order valence-corrected chi connectivity index (χ2v) is 5.11. The summed E-state index contributed by atoms with van der Waals surface area (Å²) in [5.41, 5.74) is -0.998. The second kappa shape index (κ2) is 6.43. The van der Waals surface area contributed by atoms with Crippen molar-refractivity contribution in [3.05, 3.63) is 53.6 Å². The van der Waals surface area contributed by atoms with E-state index in [-0.39, 0.29) is 22.0 Å². The summed E-state index contributed by atoms with van der Waals surface area (Å²) >= 11 is 2.96. The van der Waals surface area contributed by atoms with Crippen LogP contribution in [0.15, 0.2) is 42.5 Å². The molecule has 2 aromatic carbocycles. The minimum Gasteiger partial charge on any atom is -0.405 e. The first-order chi connectivity index (χ1) is 10.6. The maximum Gasteiger partial charge on any atom is 0.573 e. The lowest BCUT2D eigenvalue weighted by atomic mass is 9.99. The molecule has 8 heteroatoms. The van der Waals surface area contributed by atoms with Gasteiger partial charge in [-0.2, -0.15) is 13.2 Å². The molecule has 0 heterocycles. The lowest BCUT2D eigenvalue weighted by Gasteiger charge is -2.16. The van der Waals surface area contributed by atoms with Gasteiger partial charge in [0.25, 0.3) is 0 Å². The molecule has 2 aromatic rings. The molecule has 23 heavy (non-hydrogen) atoms. The number of hydrogen-bond donors (Lipinski definition) is 0. The van der Waals surface area contributed by atoms with E-state index in [1.807, 2.05) is 0 Å². The van der Waals surface area contributed by atoms with Crippen LogP contribution in [-0.2, 0) is 11.5 Å².